The Morgan fingerprint density at radius 2 is 2.00 bits per heavy atom. The van der Waals surface area contributed by atoms with Crippen molar-refractivity contribution in [1.82, 2.24) is 15.0 Å². The smallest absolute Gasteiger partial charge is 0.132 e. The Kier molecular flexibility index (Phi) is 4.28. The molecule has 0 saturated heterocycles. The molecule has 100 valence electrons. The average Bonchev–Trinajstić information content (AvgIpc) is 2.39. The van der Waals surface area contributed by atoms with Gasteiger partial charge in [-0.05, 0) is 32.9 Å². The molecule has 2 aromatic heterocycles. The van der Waals surface area contributed by atoms with Gasteiger partial charge >= 0.3 is 0 Å². The molecule has 0 aliphatic heterocycles. The summed E-state index contributed by atoms with van der Waals surface area (Å²) < 4.78 is 0. The molecule has 0 bridgehead atoms. The molecule has 2 aromatic rings. The van der Waals surface area contributed by atoms with Gasteiger partial charge in [-0.1, -0.05) is 6.07 Å². The molecule has 1 unspecified atom stereocenters. The lowest BCUT2D eigenvalue weighted by Crippen LogP contribution is -2.11. The Balaban J connectivity index is 2.14. The number of aromatic nitrogens is 3. The number of rotatable bonds is 5. The summed E-state index contributed by atoms with van der Waals surface area (Å²) >= 11 is 0. The van der Waals surface area contributed by atoms with Crippen molar-refractivity contribution >= 4 is 11.6 Å². The molecule has 5 nitrogen and oxygen atoms in total. The lowest BCUT2D eigenvalue weighted by atomic mass is 10.2. The molecule has 0 amide bonds. The third-order valence-corrected chi connectivity index (χ3v) is 2.69. The molecule has 0 radical (unpaired) electrons. The monoisotopic (exact) mass is 257 g/mol. The minimum Gasteiger partial charge on any atom is -0.370 e. The standard InChI is InChI=1S/C14H19N5/c1-4-15-13-9-14(19-11(3)18-13)17-10(2)12-7-5-6-8-16-12/h5-10H,4H2,1-3H3,(H2,15,17,18,19). The van der Waals surface area contributed by atoms with Crippen LogP contribution >= 0.6 is 0 Å². The Bertz CT molecular complexity index is 527. The van der Waals surface area contributed by atoms with Gasteiger partial charge in [0.15, 0.2) is 0 Å². The van der Waals surface area contributed by atoms with Crippen LogP contribution < -0.4 is 10.6 Å². The van der Waals surface area contributed by atoms with E-state index in [1.165, 1.54) is 0 Å². The second-order valence-electron chi connectivity index (χ2n) is 4.34. The summed E-state index contributed by atoms with van der Waals surface area (Å²) in [5, 5.41) is 6.54. The van der Waals surface area contributed by atoms with Crippen LogP contribution in [0.4, 0.5) is 11.6 Å². The number of nitrogens with zero attached hydrogens (tertiary/aromatic N) is 3. The molecule has 2 rings (SSSR count). The highest BCUT2D eigenvalue weighted by atomic mass is 15.1. The summed E-state index contributed by atoms with van der Waals surface area (Å²) in [6.07, 6.45) is 1.79. The molecule has 1 atom stereocenters. The van der Waals surface area contributed by atoms with Crippen LogP contribution in [0.25, 0.3) is 0 Å². The third kappa shape index (κ3) is 3.64. The first-order valence-corrected chi connectivity index (χ1v) is 6.46. The first-order chi connectivity index (χ1) is 9.19. The predicted molar refractivity (Wildman–Crippen MR) is 77.2 cm³/mol. The van der Waals surface area contributed by atoms with Crippen molar-refractivity contribution in [2.24, 2.45) is 0 Å². The first kappa shape index (κ1) is 13.3. The summed E-state index contributed by atoms with van der Waals surface area (Å²) in [5.41, 5.74) is 0.990. The van der Waals surface area contributed by atoms with Crippen molar-refractivity contribution in [3.05, 3.63) is 42.0 Å². The van der Waals surface area contributed by atoms with Crippen molar-refractivity contribution < 1.29 is 0 Å². The Morgan fingerprint density at radius 3 is 2.68 bits per heavy atom. The van der Waals surface area contributed by atoms with Crippen LogP contribution in [-0.4, -0.2) is 21.5 Å². The van der Waals surface area contributed by atoms with E-state index in [0.29, 0.717) is 0 Å². The van der Waals surface area contributed by atoms with E-state index in [0.717, 1.165) is 29.7 Å². The summed E-state index contributed by atoms with van der Waals surface area (Å²) in [6, 6.07) is 7.90. The second kappa shape index (κ2) is 6.13. The zero-order chi connectivity index (χ0) is 13.7. The maximum atomic E-state index is 4.39. The molecule has 5 heteroatoms. The normalized spacial score (nSPS) is 11.9. The van der Waals surface area contributed by atoms with Gasteiger partial charge < -0.3 is 10.6 Å². The highest BCUT2D eigenvalue weighted by Crippen LogP contribution is 2.17. The van der Waals surface area contributed by atoms with Crippen LogP contribution in [0, 0.1) is 6.92 Å². The van der Waals surface area contributed by atoms with Gasteiger partial charge in [0.2, 0.25) is 0 Å². The molecular weight excluding hydrogens is 238 g/mol. The molecule has 0 aliphatic rings. The number of hydrogen-bond acceptors (Lipinski definition) is 5. The number of hydrogen-bond donors (Lipinski definition) is 2. The highest BCUT2D eigenvalue weighted by molar-refractivity contribution is 5.48. The van der Waals surface area contributed by atoms with E-state index in [1.54, 1.807) is 6.20 Å². The van der Waals surface area contributed by atoms with Crippen LogP contribution in [-0.2, 0) is 0 Å². The van der Waals surface area contributed by atoms with Gasteiger partial charge in [-0.25, -0.2) is 9.97 Å². The van der Waals surface area contributed by atoms with E-state index in [1.807, 2.05) is 38.1 Å². The summed E-state index contributed by atoms with van der Waals surface area (Å²) in [7, 11) is 0. The van der Waals surface area contributed by atoms with Gasteiger partial charge in [-0.2, -0.15) is 0 Å². The molecule has 2 heterocycles. The van der Waals surface area contributed by atoms with Crippen LogP contribution in [0.15, 0.2) is 30.5 Å². The summed E-state index contributed by atoms with van der Waals surface area (Å²) in [4.78, 5) is 13.1. The number of pyridine rings is 1. The lowest BCUT2D eigenvalue weighted by Gasteiger charge is -2.15. The van der Waals surface area contributed by atoms with Gasteiger partial charge in [0.05, 0.1) is 11.7 Å². The molecule has 0 saturated carbocycles. The maximum Gasteiger partial charge on any atom is 0.132 e. The van der Waals surface area contributed by atoms with E-state index in [9.17, 15) is 0 Å². The fourth-order valence-electron chi connectivity index (χ4n) is 1.84. The molecule has 2 N–H and O–H groups in total. The van der Waals surface area contributed by atoms with Crippen molar-refractivity contribution in [1.29, 1.82) is 0 Å². The SMILES string of the molecule is CCNc1cc(NC(C)c2ccccn2)nc(C)n1. The molecule has 0 aliphatic carbocycles. The van der Waals surface area contributed by atoms with Crippen molar-refractivity contribution in [2.75, 3.05) is 17.2 Å². The van der Waals surface area contributed by atoms with E-state index in [4.69, 9.17) is 0 Å². The zero-order valence-corrected chi connectivity index (χ0v) is 11.5. The zero-order valence-electron chi connectivity index (χ0n) is 11.5. The van der Waals surface area contributed by atoms with Crippen LogP contribution in [0.1, 0.15) is 31.4 Å². The fraction of sp³-hybridized carbons (Fsp3) is 0.357. The summed E-state index contributed by atoms with van der Waals surface area (Å²) in [5.74, 6) is 2.39. The van der Waals surface area contributed by atoms with E-state index in [-0.39, 0.29) is 6.04 Å². The number of nitrogens with one attached hydrogen (secondary N) is 2. The summed E-state index contributed by atoms with van der Waals surface area (Å²) in [6.45, 7) is 6.83. The molecule has 0 fully saturated rings. The van der Waals surface area contributed by atoms with Crippen LogP contribution in [0.2, 0.25) is 0 Å². The minimum absolute atomic E-state index is 0.102. The largest absolute Gasteiger partial charge is 0.370 e. The van der Waals surface area contributed by atoms with Gasteiger partial charge in [0.1, 0.15) is 17.5 Å². The highest BCUT2D eigenvalue weighted by Gasteiger charge is 2.08. The predicted octanol–water partition coefficient (Wildman–Crippen LogP) is 2.78. The topological polar surface area (TPSA) is 62.7 Å². The number of aryl methyl sites for hydroxylation is 1. The second-order valence-corrected chi connectivity index (χ2v) is 4.34. The fourth-order valence-corrected chi connectivity index (χ4v) is 1.84. The van der Waals surface area contributed by atoms with Gasteiger partial charge in [-0.3, -0.25) is 4.98 Å². The molecule has 19 heavy (non-hydrogen) atoms. The van der Waals surface area contributed by atoms with Crippen molar-refractivity contribution in [3.8, 4) is 0 Å². The quantitative estimate of drug-likeness (QED) is 0.862. The average molecular weight is 257 g/mol. The lowest BCUT2D eigenvalue weighted by molar-refractivity contribution is 0.827. The van der Waals surface area contributed by atoms with Crippen molar-refractivity contribution in [2.45, 2.75) is 26.8 Å². The van der Waals surface area contributed by atoms with Gasteiger partial charge in [0.25, 0.3) is 0 Å². The van der Waals surface area contributed by atoms with E-state index < -0.39 is 0 Å². The van der Waals surface area contributed by atoms with E-state index in [2.05, 4.69) is 32.5 Å². The molecular formula is C14H19N5. The molecule has 0 spiro atoms. The Labute approximate surface area is 113 Å². The minimum atomic E-state index is 0.102. The first-order valence-electron chi connectivity index (χ1n) is 6.46. The Hall–Kier alpha value is -2.17. The Morgan fingerprint density at radius 1 is 1.21 bits per heavy atom. The van der Waals surface area contributed by atoms with Crippen molar-refractivity contribution in [3.63, 3.8) is 0 Å². The van der Waals surface area contributed by atoms with E-state index >= 15 is 0 Å². The van der Waals surface area contributed by atoms with Gasteiger partial charge in [0, 0.05) is 18.8 Å². The maximum absolute atomic E-state index is 4.39. The number of anilines is 2. The molecule has 0 aromatic carbocycles. The van der Waals surface area contributed by atoms with Crippen LogP contribution in [0.5, 0.6) is 0 Å². The van der Waals surface area contributed by atoms with Gasteiger partial charge in [-0.15, -0.1) is 0 Å². The van der Waals surface area contributed by atoms with Crippen LogP contribution in [0.3, 0.4) is 0 Å². The third-order valence-electron chi connectivity index (χ3n) is 2.69.